The van der Waals surface area contributed by atoms with Crippen LogP contribution in [0.5, 0.6) is 0 Å². The number of piperazine rings is 1. The van der Waals surface area contributed by atoms with Crippen LogP contribution in [0.25, 0.3) is 0 Å². The first-order valence-electron chi connectivity index (χ1n) is 10.6. The Balaban J connectivity index is 1.36. The van der Waals surface area contributed by atoms with E-state index in [1.807, 2.05) is 47.9 Å². The van der Waals surface area contributed by atoms with Gasteiger partial charge in [0.1, 0.15) is 11.5 Å². The maximum Gasteiger partial charge on any atom is 0.257 e. The van der Waals surface area contributed by atoms with Gasteiger partial charge in [0.05, 0.1) is 11.5 Å². The molecule has 1 aromatic heterocycles. The first-order valence-corrected chi connectivity index (χ1v) is 11.0. The molecule has 0 N–H and O–H groups in total. The standard InChI is InChI=1S/C23H28ClN3O3/c1-16-13-21(17(2)30-16)23(29)27-8-4-5-18(15-27)22(28)26-11-9-25(10-12-26)20-7-3-6-19(24)14-20/h3,6-7,13-14,18H,4-5,8-12,15H2,1-2H3. The molecule has 0 radical (unpaired) electrons. The molecule has 2 saturated heterocycles. The van der Waals surface area contributed by atoms with Gasteiger partial charge in [-0.2, -0.15) is 0 Å². The lowest BCUT2D eigenvalue weighted by Crippen LogP contribution is -2.53. The molecule has 160 valence electrons. The molecule has 7 heteroatoms. The molecule has 2 aliphatic rings. The van der Waals surface area contributed by atoms with E-state index in [2.05, 4.69) is 4.90 Å². The minimum absolute atomic E-state index is 0.0346. The van der Waals surface area contributed by atoms with Crippen LogP contribution in [-0.2, 0) is 4.79 Å². The van der Waals surface area contributed by atoms with Crippen molar-refractivity contribution in [2.24, 2.45) is 5.92 Å². The molecule has 0 aliphatic carbocycles. The highest BCUT2D eigenvalue weighted by molar-refractivity contribution is 6.30. The Hall–Kier alpha value is -2.47. The summed E-state index contributed by atoms with van der Waals surface area (Å²) in [6.07, 6.45) is 1.68. The number of furan rings is 1. The molecular formula is C23H28ClN3O3. The number of halogens is 1. The zero-order chi connectivity index (χ0) is 21.3. The molecule has 2 amide bonds. The van der Waals surface area contributed by atoms with E-state index in [9.17, 15) is 9.59 Å². The van der Waals surface area contributed by atoms with Crippen LogP contribution in [0.2, 0.25) is 5.02 Å². The van der Waals surface area contributed by atoms with Crippen LogP contribution in [0.15, 0.2) is 34.7 Å². The van der Waals surface area contributed by atoms with Crippen molar-refractivity contribution in [2.45, 2.75) is 26.7 Å². The fourth-order valence-electron chi connectivity index (χ4n) is 4.49. The predicted octanol–water partition coefficient (Wildman–Crippen LogP) is 3.75. The number of hydrogen-bond acceptors (Lipinski definition) is 4. The van der Waals surface area contributed by atoms with Crippen molar-refractivity contribution in [3.8, 4) is 0 Å². The Kier molecular flexibility index (Phi) is 6.04. The molecule has 3 heterocycles. The zero-order valence-corrected chi connectivity index (χ0v) is 18.3. The molecule has 0 saturated carbocycles. The van der Waals surface area contributed by atoms with Gasteiger partial charge in [-0.3, -0.25) is 9.59 Å². The Morgan fingerprint density at radius 3 is 2.47 bits per heavy atom. The minimum Gasteiger partial charge on any atom is -0.466 e. The molecular weight excluding hydrogens is 402 g/mol. The number of benzene rings is 1. The summed E-state index contributed by atoms with van der Waals surface area (Å²) in [4.78, 5) is 32.1. The van der Waals surface area contributed by atoms with Crippen LogP contribution in [0, 0.1) is 19.8 Å². The van der Waals surface area contributed by atoms with E-state index in [-0.39, 0.29) is 17.7 Å². The highest BCUT2D eigenvalue weighted by atomic mass is 35.5. The average molecular weight is 430 g/mol. The van der Waals surface area contributed by atoms with Gasteiger partial charge in [-0.25, -0.2) is 0 Å². The number of rotatable bonds is 3. The topological polar surface area (TPSA) is 57.0 Å². The lowest BCUT2D eigenvalue weighted by Gasteiger charge is -2.39. The molecule has 1 aromatic carbocycles. The number of carbonyl (C=O) groups is 2. The van der Waals surface area contributed by atoms with Crippen molar-refractivity contribution in [1.82, 2.24) is 9.80 Å². The van der Waals surface area contributed by atoms with E-state index in [1.54, 1.807) is 6.07 Å². The average Bonchev–Trinajstić information content (AvgIpc) is 3.10. The molecule has 0 bridgehead atoms. The number of piperidine rings is 1. The normalized spacial score (nSPS) is 19.8. The molecule has 4 rings (SSSR count). The smallest absolute Gasteiger partial charge is 0.257 e. The van der Waals surface area contributed by atoms with E-state index < -0.39 is 0 Å². The van der Waals surface area contributed by atoms with Crippen LogP contribution in [0.1, 0.15) is 34.7 Å². The first kappa shape index (κ1) is 20.8. The number of nitrogens with zero attached hydrogens (tertiary/aromatic N) is 3. The number of aryl methyl sites for hydroxylation is 2. The largest absolute Gasteiger partial charge is 0.466 e. The third-order valence-corrected chi connectivity index (χ3v) is 6.33. The Bertz CT molecular complexity index is 934. The van der Waals surface area contributed by atoms with Crippen LogP contribution >= 0.6 is 11.6 Å². The zero-order valence-electron chi connectivity index (χ0n) is 17.6. The quantitative estimate of drug-likeness (QED) is 0.745. The third-order valence-electron chi connectivity index (χ3n) is 6.09. The summed E-state index contributed by atoms with van der Waals surface area (Å²) in [5.74, 6) is 1.38. The number of carbonyl (C=O) groups excluding carboxylic acids is 2. The Morgan fingerprint density at radius 1 is 1.03 bits per heavy atom. The molecule has 1 atom stereocenters. The summed E-state index contributed by atoms with van der Waals surface area (Å²) >= 11 is 6.11. The fraction of sp³-hybridized carbons (Fsp3) is 0.478. The highest BCUT2D eigenvalue weighted by Gasteiger charge is 2.33. The van der Waals surface area contributed by atoms with Crippen molar-refractivity contribution in [3.05, 3.63) is 52.4 Å². The molecule has 6 nitrogen and oxygen atoms in total. The number of amides is 2. The van der Waals surface area contributed by atoms with Crippen LogP contribution in [0.3, 0.4) is 0 Å². The second kappa shape index (κ2) is 8.72. The van der Waals surface area contributed by atoms with E-state index in [1.165, 1.54) is 0 Å². The van der Waals surface area contributed by atoms with E-state index in [4.69, 9.17) is 16.0 Å². The van der Waals surface area contributed by atoms with Crippen molar-refractivity contribution in [1.29, 1.82) is 0 Å². The van der Waals surface area contributed by atoms with Crippen molar-refractivity contribution < 1.29 is 14.0 Å². The van der Waals surface area contributed by atoms with Gasteiger partial charge >= 0.3 is 0 Å². The monoisotopic (exact) mass is 429 g/mol. The maximum absolute atomic E-state index is 13.2. The highest BCUT2D eigenvalue weighted by Crippen LogP contribution is 2.25. The lowest BCUT2D eigenvalue weighted by molar-refractivity contribution is -0.137. The van der Waals surface area contributed by atoms with Gasteiger partial charge in [-0.15, -0.1) is 0 Å². The van der Waals surface area contributed by atoms with E-state index in [0.29, 0.717) is 37.5 Å². The maximum atomic E-state index is 13.2. The van der Waals surface area contributed by atoms with Gasteiger partial charge in [0.15, 0.2) is 0 Å². The molecule has 1 unspecified atom stereocenters. The van der Waals surface area contributed by atoms with Gasteiger partial charge in [0.25, 0.3) is 5.91 Å². The van der Waals surface area contributed by atoms with Crippen molar-refractivity contribution in [2.75, 3.05) is 44.2 Å². The minimum atomic E-state index is -0.131. The van der Waals surface area contributed by atoms with Gasteiger partial charge in [-0.1, -0.05) is 17.7 Å². The number of anilines is 1. The van der Waals surface area contributed by atoms with E-state index >= 15 is 0 Å². The van der Waals surface area contributed by atoms with Crippen molar-refractivity contribution >= 4 is 29.1 Å². The molecule has 0 spiro atoms. The number of hydrogen-bond donors (Lipinski definition) is 0. The summed E-state index contributed by atoms with van der Waals surface area (Å²) in [5, 5.41) is 0.723. The molecule has 2 aromatic rings. The van der Waals surface area contributed by atoms with E-state index in [0.717, 1.165) is 42.4 Å². The van der Waals surface area contributed by atoms with Crippen LogP contribution in [0.4, 0.5) is 5.69 Å². The molecule has 2 aliphatic heterocycles. The Morgan fingerprint density at radius 2 is 1.80 bits per heavy atom. The summed E-state index contributed by atoms with van der Waals surface area (Å²) in [6.45, 7) is 7.78. The first-order chi connectivity index (χ1) is 14.4. The summed E-state index contributed by atoms with van der Waals surface area (Å²) in [7, 11) is 0. The lowest BCUT2D eigenvalue weighted by atomic mass is 9.95. The van der Waals surface area contributed by atoms with Gasteiger partial charge in [0, 0.05) is 50.0 Å². The van der Waals surface area contributed by atoms with Gasteiger partial charge in [0.2, 0.25) is 5.91 Å². The molecule has 2 fully saturated rings. The second-order valence-corrected chi connectivity index (χ2v) is 8.65. The van der Waals surface area contributed by atoms with Crippen LogP contribution < -0.4 is 4.90 Å². The SMILES string of the molecule is Cc1cc(C(=O)N2CCCC(C(=O)N3CCN(c4cccc(Cl)c4)CC3)C2)c(C)o1. The fourth-order valence-corrected chi connectivity index (χ4v) is 4.68. The third kappa shape index (κ3) is 4.33. The predicted molar refractivity (Wildman–Crippen MR) is 117 cm³/mol. The number of likely N-dealkylation sites (tertiary alicyclic amines) is 1. The Labute approximate surface area is 182 Å². The van der Waals surface area contributed by atoms with Crippen molar-refractivity contribution in [3.63, 3.8) is 0 Å². The van der Waals surface area contributed by atoms with Gasteiger partial charge < -0.3 is 19.1 Å². The molecule has 30 heavy (non-hydrogen) atoms. The summed E-state index contributed by atoms with van der Waals surface area (Å²) in [5.41, 5.74) is 1.70. The summed E-state index contributed by atoms with van der Waals surface area (Å²) in [6, 6.07) is 9.62. The van der Waals surface area contributed by atoms with Gasteiger partial charge in [-0.05, 0) is 51.0 Å². The van der Waals surface area contributed by atoms with Crippen LogP contribution in [-0.4, -0.2) is 60.9 Å². The summed E-state index contributed by atoms with van der Waals surface area (Å²) < 4.78 is 5.51. The second-order valence-electron chi connectivity index (χ2n) is 8.21.